The maximum absolute atomic E-state index is 11.9. The van der Waals surface area contributed by atoms with E-state index in [0.717, 1.165) is 0 Å². The summed E-state index contributed by atoms with van der Waals surface area (Å²) in [4.78, 5) is 13.5. The number of hydrogen-bond donors (Lipinski definition) is 1. The summed E-state index contributed by atoms with van der Waals surface area (Å²) in [5.41, 5.74) is -0.774. The van der Waals surface area contributed by atoms with Crippen LogP contribution in [0.2, 0.25) is 10.0 Å². The predicted molar refractivity (Wildman–Crippen MR) is 78.3 cm³/mol. The summed E-state index contributed by atoms with van der Waals surface area (Å²) in [6.07, 6.45) is 0. The van der Waals surface area contributed by atoms with Gasteiger partial charge in [0.25, 0.3) is 5.91 Å². The molecule has 1 aliphatic rings. The number of likely N-dealkylation sites (tertiary alicyclic amines) is 1. The van der Waals surface area contributed by atoms with Crippen molar-refractivity contribution in [3.05, 3.63) is 28.2 Å². The van der Waals surface area contributed by atoms with E-state index in [0.29, 0.717) is 28.9 Å². The zero-order valence-electron chi connectivity index (χ0n) is 11.4. The molecular weight excluding hydrogens is 301 g/mol. The van der Waals surface area contributed by atoms with E-state index in [4.69, 9.17) is 27.9 Å². The Bertz CT molecular complexity index is 513. The SMILES string of the molecule is CC(C)C1(O)CN(C(=O)COc2cc(Cl)ccc2Cl)C1. The Hall–Kier alpha value is -0.970. The molecule has 1 aromatic rings. The number of rotatable bonds is 4. The highest BCUT2D eigenvalue weighted by Gasteiger charge is 2.45. The van der Waals surface area contributed by atoms with Crippen LogP contribution in [0.1, 0.15) is 13.8 Å². The number of carbonyl (C=O) groups is 1. The van der Waals surface area contributed by atoms with E-state index in [1.165, 1.54) is 0 Å². The lowest BCUT2D eigenvalue weighted by atomic mass is 9.83. The highest BCUT2D eigenvalue weighted by Crippen LogP contribution is 2.30. The average Bonchev–Trinajstić information content (AvgIpc) is 2.35. The number of nitrogens with zero attached hydrogens (tertiary/aromatic N) is 1. The predicted octanol–water partition coefficient (Wildman–Crippen LogP) is 2.60. The van der Waals surface area contributed by atoms with Crippen LogP contribution in [-0.4, -0.2) is 41.2 Å². The smallest absolute Gasteiger partial charge is 0.260 e. The van der Waals surface area contributed by atoms with Gasteiger partial charge in [-0.15, -0.1) is 0 Å². The molecule has 0 atom stereocenters. The minimum Gasteiger partial charge on any atom is -0.482 e. The van der Waals surface area contributed by atoms with Crippen molar-refractivity contribution in [3.63, 3.8) is 0 Å². The van der Waals surface area contributed by atoms with Crippen LogP contribution in [0.15, 0.2) is 18.2 Å². The fraction of sp³-hybridized carbons (Fsp3) is 0.500. The minimum atomic E-state index is -0.774. The number of amides is 1. The first-order chi connectivity index (χ1) is 9.32. The van der Waals surface area contributed by atoms with E-state index in [9.17, 15) is 9.90 Å². The molecule has 1 N–H and O–H groups in total. The van der Waals surface area contributed by atoms with Crippen LogP contribution in [0.25, 0.3) is 0 Å². The molecule has 1 aromatic carbocycles. The van der Waals surface area contributed by atoms with E-state index in [1.807, 2.05) is 13.8 Å². The lowest BCUT2D eigenvalue weighted by Gasteiger charge is -2.48. The molecule has 1 aliphatic heterocycles. The Labute approximate surface area is 128 Å². The van der Waals surface area contributed by atoms with Crippen molar-refractivity contribution in [3.8, 4) is 5.75 Å². The quantitative estimate of drug-likeness (QED) is 0.928. The largest absolute Gasteiger partial charge is 0.482 e. The molecule has 6 heteroatoms. The Morgan fingerprint density at radius 1 is 1.45 bits per heavy atom. The summed E-state index contributed by atoms with van der Waals surface area (Å²) in [7, 11) is 0. The highest BCUT2D eigenvalue weighted by molar-refractivity contribution is 6.34. The van der Waals surface area contributed by atoms with Gasteiger partial charge in [-0.05, 0) is 18.1 Å². The van der Waals surface area contributed by atoms with Gasteiger partial charge in [-0.2, -0.15) is 0 Å². The van der Waals surface area contributed by atoms with Gasteiger partial charge in [-0.3, -0.25) is 4.79 Å². The van der Waals surface area contributed by atoms with Crippen molar-refractivity contribution in [1.29, 1.82) is 0 Å². The average molecular weight is 318 g/mol. The van der Waals surface area contributed by atoms with Crippen LogP contribution in [0.3, 0.4) is 0 Å². The third-order valence-electron chi connectivity index (χ3n) is 3.60. The van der Waals surface area contributed by atoms with E-state index in [-0.39, 0.29) is 18.4 Å². The first-order valence-corrected chi connectivity index (χ1v) is 7.15. The Kier molecular flexibility index (Phi) is 4.47. The van der Waals surface area contributed by atoms with Crippen LogP contribution >= 0.6 is 23.2 Å². The molecule has 1 amide bonds. The summed E-state index contributed by atoms with van der Waals surface area (Å²) < 4.78 is 5.38. The Morgan fingerprint density at radius 3 is 2.70 bits per heavy atom. The number of aliphatic hydroxyl groups is 1. The molecule has 0 unspecified atom stereocenters. The third-order valence-corrected chi connectivity index (χ3v) is 4.15. The number of β-amino-alcohol motifs (C(OH)–C–C–N with tert-alkyl or cyclic N) is 1. The Morgan fingerprint density at radius 2 is 2.10 bits per heavy atom. The summed E-state index contributed by atoms with van der Waals surface area (Å²) in [5, 5.41) is 11.0. The standard InChI is InChI=1S/C14H17Cl2NO3/c1-9(2)14(19)7-17(8-14)13(18)6-20-12-5-10(15)3-4-11(12)16/h3-5,9,19H,6-8H2,1-2H3. The molecular formula is C14H17Cl2NO3. The first-order valence-electron chi connectivity index (χ1n) is 6.40. The summed E-state index contributed by atoms with van der Waals surface area (Å²) in [5.74, 6) is 0.327. The monoisotopic (exact) mass is 317 g/mol. The van der Waals surface area contributed by atoms with Crippen molar-refractivity contribution in [2.75, 3.05) is 19.7 Å². The molecule has 2 rings (SSSR count). The minimum absolute atomic E-state index is 0.117. The molecule has 4 nitrogen and oxygen atoms in total. The van der Waals surface area contributed by atoms with Crippen LogP contribution < -0.4 is 4.74 Å². The van der Waals surface area contributed by atoms with Gasteiger partial charge in [0.05, 0.1) is 18.1 Å². The summed E-state index contributed by atoms with van der Waals surface area (Å²) in [6, 6.07) is 4.83. The zero-order chi connectivity index (χ0) is 14.9. The third kappa shape index (κ3) is 3.19. The van der Waals surface area contributed by atoms with Crippen molar-refractivity contribution in [2.24, 2.45) is 5.92 Å². The second kappa shape index (κ2) is 5.80. The number of benzene rings is 1. The van der Waals surface area contributed by atoms with Gasteiger partial charge in [0, 0.05) is 11.1 Å². The number of hydrogen-bond acceptors (Lipinski definition) is 3. The second-order valence-corrected chi connectivity index (χ2v) is 6.22. The molecule has 0 bridgehead atoms. The molecule has 0 aromatic heterocycles. The molecule has 0 radical (unpaired) electrons. The molecule has 20 heavy (non-hydrogen) atoms. The van der Waals surface area contributed by atoms with Gasteiger partial charge in [-0.1, -0.05) is 37.0 Å². The maximum Gasteiger partial charge on any atom is 0.260 e. The fourth-order valence-electron chi connectivity index (χ4n) is 1.97. The van der Waals surface area contributed by atoms with Gasteiger partial charge in [0.15, 0.2) is 6.61 Å². The topological polar surface area (TPSA) is 49.8 Å². The van der Waals surface area contributed by atoms with Gasteiger partial charge in [0.2, 0.25) is 0 Å². The van der Waals surface area contributed by atoms with Crippen LogP contribution in [0, 0.1) is 5.92 Å². The molecule has 0 saturated carbocycles. The van der Waals surface area contributed by atoms with E-state index in [1.54, 1.807) is 23.1 Å². The summed E-state index contributed by atoms with van der Waals surface area (Å²) in [6.45, 7) is 4.44. The number of ether oxygens (including phenoxy) is 1. The zero-order valence-corrected chi connectivity index (χ0v) is 12.9. The van der Waals surface area contributed by atoms with Crippen molar-refractivity contribution in [2.45, 2.75) is 19.4 Å². The van der Waals surface area contributed by atoms with E-state index in [2.05, 4.69) is 0 Å². The van der Waals surface area contributed by atoms with Crippen LogP contribution in [0.4, 0.5) is 0 Å². The number of carbonyl (C=O) groups excluding carboxylic acids is 1. The Balaban J connectivity index is 1.87. The van der Waals surface area contributed by atoms with Gasteiger partial charge in [-0.25, -0.2) is 0 Å². The van der Waals surface area contributed by atoms with E-state index >= 15 is 0 Å². The normalized spacial score (nSPS) is 17.0. The van der Waals surface area contributed by atoms with Crippen LogP contribution in [0.5, 0.6) is 5.75 Å². The maximum atomic E-state index is 11.9. The summed E-state index contributed by atoms with van der Waals surface area (Å²) >= 11 is 11.8. The lowest BCUT2D eigenvalue weighted by Crippen LogP contribution is -2.66. The van der Waals surface area contributed by atoms with Crippen molar-refractivity contribution >= 4 is 29.1 Å². The number of halogens is 2. The lowest BCUT2D eigenvalue weighted by molar-refractivity contribution is -0.165. The molecule has 1 heterocycles. The second-order valence-electron chi connectivity index (χ2n) is 5.37. The molecule has 0 aliphatic carbocycles. The molecule has 1 fully saturated rings. The van der Waals surface area contributed by atoms with Crippen molar-refractivity contribution in [1.82, 2.24) is 4.90 Å². The first kappa shape index (κ1) is 15.4. The van der Waals surface area contributed by atoms with Crippen molar-refractivity contribution < 1.29 is 14.6 Å². The van der Waals surface area contributed by atoms with Gasteiger partial charge < -0.3 is 14.7 Å². The van der Waals surface area contributed by atoms with Crippen LogP contribution in [-0.2, 0) is 4.79 Å². The van der Waals surface area contributed by atoms with Gasteiger partial charge in [0.1, 0.15) is 11.4 Å². The molecule has 0 spiro atoms. The highest BCUT2D eigenvalue weighted by atomic mass is 35.5. The molecule has 110 valence electrons. The fourth-order valence-corrected chi connectivity index (χ4v) is 2.31. The van der Waals surface area contributed by atoms with Gasteiger partial charge >= 0.3 is 0 Å². The molecule has 1 saturated heterocycles. The van der Waals surface area contributed by atoms with E-state index < -0.39 is 5.60 Å².